The Morgan fingerprint density at radius 3 is 2.10 bits per heavy atom. The zero-order chi connectivity index (χ0) is 16.4. The van der Waals surface area contributed by atoms with Gasteiger partial charge in [0.15, 0.2) is 0 Å². The Morgan fingerprint density at radius 2 is 1.71 bits per heavy atom. The van der Waals surface area contributed by atoms with Gasteiger partial charge in [0.1, 0.15) is 5.75 Å². The first kappa shape index (κ1) is 18.5. The number of aryl methyl sites for hydroxylation is 2. The number of primary sulfonamides is 1. The molecule has 0 aliphatic heterocycles. The number of benzene rings is 1. The Morgan fingerprint density at radius 1 is 1.24 bits per heavy atom. The van der Waals surface area contributed by atoms with Gasteiger partial charge in [-0.2, -0.15) is 0 Å². The molecule has 2 N–H and O–H groups in total. The van der Waals surface area contributed by atoms with Crippen molar-refractivity contribution in [2.45, 2.75) is 34.6 Å². The molecule has 4 nitrogen and oxygen atoms in total. The lowest BCUT2D eigenvalue weighted by Crippen LogP contribution is -2.35. The number of nitrogens with two attached hydrogens (primary N) is 1. The van der Waals surface area contributed by atoms with Gasteiger partial charge >= 0.3 is 0 Å². The van der Waals surface area contributed by atoms with Gasteiger partial charge in [-0.1, -0.05) is 36.7 Å². The van der Waals surface area contributed by atoms with Crippen molar-refractivity contribution < 1.29 is 13.2 Å². The SMILES string of the molecule is Cc1cc(OCC(CS(N)(=O)=O)C(C)(C)C)cc(C)c1Br. The Kier molecular flexibility index (Phi) is 5.86. The van der Waals surface area contributed by atoms with Gasteiger partial charge < -0.3 is 4.74 Å². The second kappa shape index (κ2) is 6.67. The second-order valence-corrected chi connectivity index (χ2v) is 9.03. The summed E-state index contributed by atoms with van der Waals surface area (Å²) in [4.78, 5) is 0. The summed E-state index contributed by atoms with van der Waals surface area (Å²) in [5.41, 5.74) is 1.97. The van der Waals surface area contributed by atoms with Crippen LogP contribution >= 0.6 is 15.9 Å². The zero-order valence-electron chi connectivity index (χ0n) is 13.2. The van der Waals surface area contributed by atoms with Crippen LogP contribution in [0, 0.1) is 25.2 Å². The highest BCUT2D eigenvalue weighted by atomic mass is 79.9. The molecule has 0 amide bonds. The van der Waals surface area contributed by atoms with Crippen LogP contribution < -0.4 is 9.88 Å². The van der Waals surface area contributed by atoms with Crippen LogP contribution in [-0.4, -0.2) is 20.8 Å². The van der Waals surface area contributed by atoms with Crippen molar-refractivity contribution in [3.63, 3.8) is 0 Å². The Hall–Kier alpha value is -0.590. The number of hydrogen-bond acceptors (Lipinski definition) is 3. The molecule has 1 aromatic carbocycles. The number of rotatable bonds is 5. The van der Waals surface area contributed by atoms with Gasteiger partial charge in [-0.25, -0.2) is 13.6 Å². The highest BCUT2D eigenvalue weighted by Gasteiger charge is 2.29. The summed E-state index contributed by atoms with van der Waals surface area (Å²) in [5.74, 6) is 0.499. The molecule has 1 rings (SSSR count). The van der Waals surface area contributed by atoms with E-state index in [1.165, 1.54) is 0 Å². The molecule has 0 aliphatic carbocycles. The lowest BCUT2D eigenvalue weighted by molar-refractivity contribution is 0.163. The first-order valence-electron chi connectivity index (χ1n) is 6.80. The van der Waals surface area contributed by atoms with E-state index in [0.717, 1.165) is 21.3 Å². The van der Waals surface area contributed by atoms with Crippen LogP contribution in [0.4, 0.5) is 0 Å². The Balaban J connectivity index is 2.87. The van der Waals surface area contributed by atoms with Gasteiger partial charge in [0.2, 0.25) is 10.0 Å². The maximum atomic E-state index is 11.4. The van der Waals surface area contributed by atoms with Gasteiger partial charge in [-0.3, -0.25) is 0 Å². The normalized spacial score (nSPS) is 14.0. The molecule has 0 heterocycles. The summed E-state index contributed by atoms with van der Waals surface area (Å²) < 4.78 is 29.6. The van der Waals surface area contributed by atoms with Crippen LogP contribution in [0.25, 0.3) is 0 Å². The minimum atomic E-state index is -3.52. The van der Waals surface area contributed by atoms with E-state index in [-0.39, 0.29) is 17.1 Å². The first-order chi connectivity index (χ1) is 9.40. The summed E-state index contributed by atoms with van der Waals surface area (Å²) >= 11 is 3.51. The minimum absolute atomic E-state index is 0.0784. The maximum Gasteiger partial charge on any atom is 0.209 e. The summed E-state index contributed by atoms with van der Waals surface area (Å²) in [6.07, 6.45) is 0. The highest BCUT2D eigenvalue weighted by molar-refractivity contribution is 9.10. The van der Waals surface area contributed by atoms with Crippen LogP contribution in [0.5, 0.6) is 5.75 Å². The second-order valence-electron chi connectivity index (χ2n) is 6.57. The third-order valence-corrected chi connectivity index (χ3v) is 5.64. The number of ether oxygens (including phenoxy) is 1. The summed E-state index contributed by atoms with van der Waals surface area (Å²) in [6.45, 7) is 10.3. The molecule has 1 atom stereocenters. The Bertz CT molecular complexity index is 583. The molecule has 1 aromatic rings. The van der Waals surface area contributed by atoms with Crippen LogP contribution in [0.1, 0.15) is 31.9 Å². The minimum Gasteiger partial charge on any atom is -0.493 e. The standard InChI is InChI=1S/C15H24BrNO3S/c1-10-6-13(7-11(2)14(10)16)20-8-12(15(3,4)5)9-21(17,18)19/h6-7,12H,8-9H2,1-5H3,(H2,17,18,19). The van der Waals surface area contributed by atoms with Gasteiger partial charge in [-0.05, 0) is 42.5 Å². The largest absolute Gasteiger partial charge is 0.493 e. The number of halogens is 1. The smallest absolute Gasteiger partial charge is 0.209 e. The van der Waals surface area contributed by atoms with Crippen molar-refractivity contribution in [2.24, 2.45) is 16.5 Å². The van der Waals surface area contributed by atoms with Gasteiger partial charge in [-0.15, -0.1) is 0 Å². The van der Waals surface area contributed by atoms with Crippen molar-refractivity contribution in [3.05, 3.63) is 27.7 Å². The van der Waals surface area contributed by atoms with Gasteiger partial charge in [0, 0.05) is 10.4 Å². The molecule has 6 heteroatoms. The molecule has 0 spiro atoms. The van der Waals surface area contributed by atoms with E-state index in [4.69, 9.17) is 9.88 Å². The molecule has 0 aromatic heterocycles. The van der Waals surface area contributed by atoms with E-state index in [1.54, 1.807) is 0 Å². The summed E-state index contributed by atoms with van der Waals surface area (Å²) in [6, 6.07) is 3.88. The molecular weight excluding hydrogens is 354 g/mol. The third kappa shape index (κ3) is 5.96. The van der Waals surface area contributed by atoms with E-state index in [9.17, 15) is 8.42 Å². The number of hydrogen-bond donors (Lipinski definition) is 1. The summed E-state index contributed by atoms with van der Waals surface area (Å²) in [7, 11) is -3.52. The Labute approximate surface area is 136 Å². The molecule has 0 saturated heterocycles. The molecule has 0 aliphatic rings. The highest BCUT2D eigenvalue weighted by Crippen LogP contribution is 2.30. The van der Waals surface area contributed by atoms with E-state index >= 15 is 0 Å². The van der Waals surface area contributed by atoms with Crippen molar-refractivity contribution in [1.82, 2.24) is 0 Å². The first-order valence-corrected chi connectivity index (χ1v) is 9.31. The average Bonchev–Trinajstić information content (AvgIpc) is 2.28. The maximum absolute atomic E-state index is 11.4. The molecule has 0 bridgehead atoms. The predicted molar refractivity (Wildman–Crippen MR) is 90.0 cm³/mol. The average molecular weight is 378 g/mol. The fourth-order valence-electron chi connectivity index (χ4n) is 2.01. The van der Waals surface area contributed by atoms with Crippen LogP contribution in [0.2, 0.25) is 0 Å². The lowest BCUT2D eigenvalue weighted by Gasteiger charge is -2.30. The van der Waals surface area contributed by atoms with E-state index < -0.39 is 10.0 Å². The fourth-order valence-corrected chi connectivity index (χ4v) is 3.40. The molecule has 120 valence electrons. The van der Waals surface area contributed by atoms with Crippen LogP contribution in [0.15, 0.2) is 16.6 Å². The molecule has 0 fully saturated rings. The van der Waals surface area contributed by atoms with Crippen LogP contribution in [0.3, 0.4) is 0 Å². The molecule has 21 heavy (non-hydrogen) atoms. The van der Waals surface area contributed by atoms with Crippen molar-refractivity contribution >= 4 is 26.0 Å². The van der Waals surface area contributed by atoms with Gasteiger partial charge in [0.25, 0.3) is 0 Å². The van der Waals surface area contributed by atoms with E-state index in [2.05, 4.69) is 15.9 Å². The number of sulfonamides is 1. The van der Waals surface area contributed by atoms with Crippen LogP contribution in [-0.2, 0) is 10.0 Å². The van der Waals surface area contributed by atoms with Gasteiger partial charge in [0.05, 0.1) is 12.4 Å². The van der Waals surface area contributed by atoms with Crippen molar-refractivity contribution in [2.75, 3.05) is 12.4 Å². The lowest BCUT2D eigenvalue weighted by atomic mass is 9.82. The van der Waals surface area contributed by atoms with E-state index in [0.29, 0.717) is 6.61 Å². The van der Waals surface area contributed by atoms with Crippen molar-refractivity contribution in [1.29, 1.82) is 0 Å². The molecule has 0 radical (unpaired) electrons. The quantitative estimate of drug-likeness (QED) is 0.854. The third-order valence-electron chi connectivity index (χ3n) is 3.52. The fraction of sp³-hybridized carbons (Fsp3) is 0.600. The topological polar surface area (TPSA) is 69.4 Å². The monoisotopic (exact) mass is 377 g/mol. The predicted octanol–water partition coefficient (Wildman–Crippen LogP) is 3.40. The summed E-state index contributed by atoms with van der Waals surface area (Å²) in [5, 5.41) is 5.18. The molecular formula is C15H24BrNO3S. The molecule has 1 unspecified atom stereocenters. The van der Waals surface area contributed by atoms with Crippen molar-refractivity contribution in [3.8, 4) is 5.75 Å². The van der Waals surface area contributed by atoms with E-state index in [1.807, 2.05) is 46.8 Å². The zero-order valence-corrected chi connectivity index (χ0v) is 15.6. The molecule has 0 saturated carbocycles.